The fourth-order valence-electron chi connectivity index (χ4n) is 2.77. The van der Waals surface area contributed by atoms with E-state index in [2.05, 4.69) is 37.9 Å². The van der Waals surface area contributed by atoms with E-state index in [0.29, 0.717) is 12.2 Å². The van der Waals surface area contributed by atoms with Crippen LogP contribution in [0, 0.1) is 5.92 Å². The molecule has 1 aliphatic carbocycles. The van der Waals surface area contributed by atoms with Crippen molar-refractivity contribution < 1.29 is 4.74 Å². The van der Waals surface area contributed by atoms with Gasteiger partial charge in [0.1, 0.15) is 0 Å². The predicted molar refractivity (Wildman–Crippen MR) is 80.5 cm³/mol. The molecule has 0 bridgehead atoms. The van der Waals surface area contributed by atoms with Gasteiger partial charge in [0.15, 0.2) is 0 Å². The lowest BCUT2D eigenvalue weighted by atomic mass is 10.1. The van der Waals surface area contributed by atoms with Crippen molar-refractivity contribution in [3.63, 3.8) is 0 Å². The zero-order chi connectivity index (χ0) is 13.9. The first kappa shape index (κ1) is 15.3. The molecule has 2 fully saturated rings. The Hall–Kier alpha value is -0.120. The zero-order valence-electron chi connectivity index (χ0n) is 13.2. The Bertz CT molecular complexity index is 270. The van der Waals surface area contributed by atoms with Gasteiger partial charge in [0.25, 0.3) is 0 Å². The third kappa shape index (κ3) is 5.80. The van der Waals surface area contributed by atoms with Crippen molar-refractivity contribution in [2.45, 2.75) is 71.1 Å². The van der Waals surface area contributed by atoms with Crippen LogP contribution in [-0.2, 0) is 4.74 Å². The number of hydrogen-bond donors (Lipinski definition) is 1. The highest BCUT2D eigenvalue weighted by Crippen LogP contribution is 2.30. The standard InChI is InChI=1S/C16H32N2O/c1-5-18(11-13-6-7-13)12-15-9-8-14(19-15)10-17-16(2,3)4/h13-15,17H,5-12H2,1-4H3. The van der Waals surface area contributed by atoms with Crippen LogP contribution in [0.3, 0.4) is 0 Å². The van der Waals surface area contributed by atoms with Crippen molar-refractivity contribution in [3.8, 4) is 0 Å². The maximum Gasteiger partial charge on any atom is 0.0707 e. The van der Waals surface area contributed by atoms with Gasteiger partial charge in [-0.15, -0.1) is 0 Å². The van der Waals surface area contributed by atoms with E-state index in [-0.39, 0.29) is 5.54 Å². The molecule has 19 heavy (non-hydrogen) atoms. The second kappa shape index (κ2) is 6.55. The average Bonchev–Trinajstić information content (AvgIpc) is 3.03. The second-order valence-electron chi connectivity index (χ2n) is 7.38. The molecule has 1 N–H and O–H groups in total. The van der Waals surface area contributed by atoms with E-state index in [1.54, 1.807) is 0 Å². The van der Waals surface area contributed by atoms with Gasteiger partial charge < -0.3 is 15.0 Å². The van der Waals surface area contributed by atoms with Gasteiger partial charge in [0.2, 0.25) is 0 Å². The summed E-state index contributed by atoms with van der Waals surface area (Å²) in [6, 6.07) is 0. The Morgan fingerprint density at radius 1 is 1.05 bits per heavy atom. The summed E-state index contributed by atoms with van der Waals surface area (Å²) in [4.78, 5) is 2.59. The fraction of sp³-hybridized carbons (Fsp3) is 1.00. The quantitative estimate of drug-likeness (QED) is 0.768. The molecule has 2 aliphatic rings. The number of nitrogens with one attached hydrogen (secondary N) is 1. The second-order valence-corrected chi connectivity index (χ2v) is 7.38. The van der Waals surface area contributed by atoms with Crippen LogP contribution < -0.4 is 5.32 Å². The van der Waals surface area contributed by atoms with E-state index in [0.717, 1.165) is 19.0 Å². The summed E-state index contributed by atoms with van der Waals surface area (Å²) >= 11 is 0. The normalized spacial score (nSPS) is 28.3. The number of hydrogen-bond acceptors (Lipinski definition) is 3. The van der Waals surface area contributed by atoms with Gasteiger partial charge in [-0.05, 0) is 58.9 Å². The van der Waals surface area contributed by atoms with E-state index in [1.165, 1.54) is 38.8 Å². The summed E-state index contributed by atoms with van der Waals surface area (Å²) < 4.78 is 6.19. The van der Waals surface area contributed by atoms with E-state index < -0.39 is 0 Å². The van der Waals surface area contributed by atoms with E-state index in [9.17, 15) is 0 Å². The molecule has 0 amide bonds. The molecule has 2 rings (SSSR count). The zero-order valence-corrected chi connectivity index (χ0v) is 13.2. The first-order valence-electron chi connectivity index (χ1n) is 8.09. The summed E-state index contributed by atoms with van der Waals surface area (Å²) in [6.45, 7) is 13.5. The lowest BCUT2D eigenvalue weighted by molar-refractivity contribution is 0.0210. The molecule has 3 nitrogen and oxygen atoms in total. The van der Waals surface area contributed by atoms with Gasteiger partial charge in [0.05, 0.1) is 12.2 Å². The maximum absolute atomic E-state index is 6.19. The van der Waals surface area contributed by atoms with Crippen molar-refractivity contribution in [1.82, 2.24) is 10.2 Å². The predicted octanol–water partition coefficient (Wildman–Crippen LogP) is 2.65. The molecule has 1 aliphatic heterocycles. The Labute approximate surface area is 119 Å². The summed E-state index contributed by atoms with van der Waals surface area (Å²) in [5.41, 5.74) is 0.197. The highest BCUT2D eigenvalue weighted by Gasteiger charge is 2.29. The van der Waals surface area contributed by atoms with Crippen LogP contribution in [0.15, 0.2) is 0 Å². The number of rotatable bonds is 7. The first-order chi connectivity index (χ1) is 8.96. The molecule has 0 radical (unpaired) electrons. The monoisotopic (exact) mass is 268 g/mol. The molecule has 3 heteroatoms. The summed E-state index contributed by atoms with van der Waals surface area (Å²) in [5, 5.41) is 3.56. The SMILES string of the molecule is CCN(CC1CC1)CC1CCC(CNC(C)(C)C)O1. The first-order valence-corrected chi connectivity index (χ1v) is 8.09. The molecule has 0 aromatic rings. The summed E-state index contributed by atoms with van der Waals surface area (Å²) in [6.07, 6.45) is 6.22. The highest BCUT2D eigenvalue weighted by molar-refractivity contribution is 4.83. The molecule has 0 aromatic carbocycles. The molecular weight excluding hydrogens is 236 g/mol. The number of ether oxygens (including phenoxy) is 1. The van der Waals surface area contributed by atoms with Crippen LogP contribution in [0.4, 0.5) is 0 Å². The van der Waals surface area contributed by atoms with E-state index >= 15 is 0 Å². The van der Waals surface area contributed by atoms with Crippen LogP contribution >= 0.6 is 0 Å². The van der Waals surface area contributed by atoms with Crippen molar-refractivity contribution in [1.29, 1.82) is 0 Å². The number of nitrogens with zero attached hydrogens (tertiary/aromatic N) is 1. The molecule has 2 unspecified atom stereocenters. The van der Waals surface area contributed by atoms with Gasteiger partial charge in [-0.25, -0.2) is 0 Å². The van der Waals surface area contributed by atoms with E-state index in [1.807, 2.05) is 0 Å². The third-order valence-corrected chi connectivity index (χ3v) is 4.18. The fourth-order valence-corrected chi connectivity index (χ4v) is 2.77. The third-order valence-electron chi connectivity index (χ3n) is 4.18. The molecule has 0 spiro atoms. The minimum Gasteiger partial charge on any atom is -0.372 e. The largest absolute Gasteiger partial charge is 0.372 e. The topological polar surface area (TPSA) is 24.5 Å². The van der Waals surface area contributed by atoms with Crippen LogP contribution in [0.5, 0.6) is 0 Å². The van der Waals surface area contributed by atoms with Gasteiger partial charge in [-0.2, -0.15) is 0 Å². The maximum atomic E-state index is 6.19. The molecule has 1 heterocycles. The van der Waals surface area contributed by atoms with Crippen molar-refractivity contribution in [3.05, 3.63) is 0 Å². The van der Waals surface area contributed by atoms with Crippen molar-refractivity contribution in [2.75, 3.05) is 26.2 Å². The van der Waals surface area contributed by atoms with Crippen LogP contribution in [0.25, 0.3) is 0 Å². The molecule has 1 saturated heterocycles. The van der Waals surface area contributed by atoms with Gasteiger partial charge in [0, 0.05) is 25.2 Å². The van der Waals surface area contributed by atoms with Crippen molar-refractivity contribution in [2.24, 2.45) is 5.92 Å². The molecule has 112 valence electrons. The molecule has 2 atom stereocenters. The van der Waals surface area contributed by atoms with Crippen molar-refractivity contribution >= 4 is 0 Å². The Balaban J connectivity index is 1.65. The number of likely N-dealkylation sites (N-methyl/N-ethyl adjacent to an activating group) is 1. The van der Waals surface area contributed by atoms with Crippen LogP contribution in [-0.4, -0.2) is 48.8 Å². The Morgan fingerprint density at radius 2 is 1.74 bits per heavy atom. The van der Waals surface area contributed by atoms with E-state index in [4.69, 9.17) is 4.74 Å². The molecule has 1 saturated carbocycles. The Morgan fingerprint density at radius 3 is 2.32 bits per heavy atom. The van der Waals surface area contributed by atoms with Crippen LogP contribution in [0.2, 0.25) is 0 Å². The molecule has 0 aromatic heterocycles. The van der Waals surface area contributed by atoms with Gasteiger partial charge in [-0.3, -0.25) is 0 Å². The Kier molecular flexibility index (Phi) is 5.27. The smallest absolute Gasteiger partial charge is 0.0707 e. The van der Waals surface area contributed by atoms with Crippen LogP contribution in [0.1, 0.15) is 53.4 Å². The van der Waals surface area contributed by atoms with Gasteiger partial charge in [-0.1, -0.05) is 6.92 Å². The lowest BCUT2D eigenvalue weighted by Gasteiger charge is -2.25. The average molecular weight is 268 g/mol. The minimum absolute atomic E-state index is 0.197. The minimum atomic E-state index is 0.197. The van der Waals surface area contributed by atoms with Gasteiger partial charge >= 0.3 is 0 Å². The summed E-state index contributed by atoms with van der Waals surface area (Å²) in [7, 11) is 0. The molecular formula is C16H32N2O. The lowest BCUT2D eigenvalue weighted by Crippen LogP contribution is -2.41. The highest BCUT2D eigenvalue weighted by atomic mass is 16.5. The summed E-state index contributed by atoms with van der Waals surface area (Å²) in [5.74, 6) is 0.986.